The summed E-state index contributed by atoms with van der Waals surface area (Å²) in [6.45, 7) is 16.1. The van der Waals surface area contributed by atoms with Gasteiger partial charge in [0, 0.05) is 12.5 Å². The number of halogens is 1. The third-order valence-corrected chi connectivity index (χ3v) is 6.99. The average molecular weight is 573 g/mol. The lowest BCUT2D eigenvalue weighted by atomic mass is 9.71. The Morgan fingerprint density at radius 3 is 2.33 bits per heavy atom. The highest BCUT2D eigenvalue weighted by molar-refractivity contribution is 6.30. The Kier molecular flexibility index (Phi) is 9.61. The monoisotopic (exact) mass is 572 g/mol. The number of esters is 2. The number of carbonyl (C=O) groups excluding carboxylic acids is 3. The number of carbonyl (C=O) groups is 3. The summed E-state index contributed by atoms with van der Waals surface area (Å²) in [5.74, 6) is 0.456. The molecule has 0 aromatic heterocycles. The number of ether oxygens (including phenoxy) is 4. The van der Waals surface area contributed by atoms with Crippen molar-refractivity contribution >= 4 is 29.3 Å². The van der Waals surface area contributed by atoms with Gasteiger partial charge in [-0.15, -0.1) is 11.6 Å². The van der Waals surface area contributed by atoms with Crippen molar-refractivity contribution in [2.75, 3.05) is 13.2 Å². The van der Waals surface area contributed by atoms with E-state index in [1.807, 2.05) is 25.1 Å². The van der Waals surface area contributed by atoms with Crippen molar-refractivity contribution in [2.24, 2.45) is 5.41 Å². The van der Waals surface area contributed by atoms with E-state index in [2.05, 4.69) is 34.6 Å². The maximum absolute atomic E-state index is 13.3. The van der Waals surface area contributed by atoms with Gasteiger partial charge in [-0.25, -0.2) is 0 Å². The van der Waals surface area contributed by atoms with Crippen LogP contribution in [0.2, 0.25) is 0 Å². The molecule has 8 heteroatoms. The molecule has 2 aromatic carbocycles. The van der Waals surface area contributed by atoms with Crippen LogP contribution in [0.15, 0.2) is 36.4 Å². The van der Waals surface area contributed by atoms with Gasteiger partial charge >= 0.3 is 11.9 Å². The van der Waals surface area contributed by atoms with Gasteiger partial charge in [-0.2, -0.15) is 0 Å². The summed E-state index contributed by atoms with van der Waals surface area (Å²) in [6, 6.07) is 10.8. The predicted octanol–water partition coefficient (Wildman–Crippen LogP) is 6.84. The lowest BCUT2D eigenvalue weighted by Crippen LogP contribution is -2.44. The maximum atomic E-state index is 13.3. The number of ketones is 1. The fourth-order valence-corrected chi connectivity index (χ4v) is 5.59. The minimum Gasteiger partial charge on any atom is -0.489 e. The van der Waals surface area contributed by atoms with Crippen LogP contribution in [-0.2, 0) is 26.2 Å². The molecule has 40 heavy (non-hydrogen) atoms. The number of fused-ring (bicyclic) bond motifs is 1. The third-order valence-electron chi connectivity index (χ3n) is 6.65. The standard InChI is InChI=1S/C32H41ClO7/c1-9-37-29(36)25(33)14-21-10-12-22(13-11-21)38-19-32(8)17-26(35)23-15-28(39-20(2)34)24(16-27(23)40-32)31(6,7)18-30(3,4)5/h10-13,15-16,25H,9,14,17-19H2,1-8H3. The predicted molar refractivity (Wildman–Crippen MR) is 155 cm³/mol. The van der Waals surface area contributed by atoms with E-state index in [0.717, 1.165) is 17.5 Å². The highest BCUT2D eigenvalue weighted by Crippen LogP contribution is 2.45. The molecule has 2 aromatic rings. The molecule has 1 heterocycles. The van der Waals surface area contributed by atoms with Crippen LogP contribution in [0.1, 0.15) is 89.7 Å². The van der Waals surface area contributed by atoms with Gasteiger partial charge in [0.1, 0.15) is 34.8 Å². The molecule has 7 nitrogen and oxygen atoms in total. The maximum Gasteiger partial charge on any atom is 0.324 e. The van der Waals surface area contributed by atoms with E-state index in [1.54, 1.807) is 25.1 Å². The minimum absolute atomic E-state index is 0.0188. The summed E-state index contributed by atoms with van der Waals surface area (Å²) >= 11 is 6.15. The first-order chi connectivity index (χ1) is 18.5. The van der Waals surface area contributed by atoms with Crippen molar-refractivity contribution < 1.29 is 33.3 Å². The normalized spacial score (nSPS) is 17.9. The molecule has 2 atom stereocenters. The molecule has 0 amide bonds. The summed E-state index contributed by atoms with van der Waals surface area (Å²) in [5.41, 5.74) is 0.841. The molecule has 0 radical (unpaired) electrons. The van der Waals surface area contributed by atoms with Crippen LogP contribution in [0.4, 0.5) is 0 Å². The number of hydrogen-bond donors (Lipinski definition) is 0. The SMILES string of the molecule is CCOC(=O)C(Cl)Cc1ccc(OCC2(C)CC(=O)c3cc(OC(C)=O)c(C(C)(C)CC(C)(C)C)cc3O2)cc1. The first-order valence-corrected chi connectivity index (χ1v) is 14.1. The second-order valence-electron chi connectivity index (χ2n) is 12.6. The van der Waals surface area contributed by atoms with E-state index in [0.29, 0.717) is 29.2 Å². The van der Waals surface area contributed by atoms with Crippen LogP contribution in [0, 0.1) is 5.41 Å². The van der Waals surface area contributed by atoms with Crippen molar-refractivity contribution in [3.63, 3.8) is 0 Å². The highest BCUT2D eigenvalue weighted by Gasteiger charge is 2.40. The second-order valence-corrected chi connectivity index (χ2v) is 13.1. The minimum atomic E-state index is -0.901. The zero-order valence-electron chi connectivity index (χ0n) is 24.8. The van der Waals surface area contributed by atoms with Gasteiger partial charge < -0.3 is 18.9 Å². The van der Waals surface area contributed by atoms with Gasteiger partial charge in [0.25, 0.3) is 0 Å². The summed E-state index contributed by atoms with van der Waals surface area (Å²) in [7, 11) is 0. The first-order valence-electron chi connectivity index (χ1n) is 13.6. The van der Waals surface area contributed by atoms with Crippen LogP contribution < -0.4 is 14.2 Å². The summed E-state index contributed by atoms with van der Waals surface area (Å²) in [5, 5.41) is -0.757. The topological polar surface area (TPSA) is 88.1 Å². The van der Waals surface area contributed by atoms with Crippen molar-refractivity contribution in [1.82, 2.24) is 0 Å². The molecule has 0 aliphatic carbocycles. The quantitative estimate of drug-likeness (QED) is 0.175. The Bertz CT molecular complexity index is 1240. The molecule has 2 unspecified atom stereocenters. The van der Waals surface area contributed by atoms with Crippen molar-refractivity contribution in [1.29, 1.82) is 0 Å². The van der Waals surface area contributed by atoms with E-state index in [4.69, 9.17) is 30.5 Å². The van der Waals surface area contributed by atoms with Crippen LogP contribution in [0.5, 0.6) is 17.2 Å². The Labute approximate surface area is 242 Å². The lowest BCUT2D eigenvalue weighted by Gasteiger charge is -2.37. The van der Waals surface area contributed by atoms with E-state index < -0.39 is 22.9 Å². The Balaban J connectivity index is 1.79. The molecule has 3 rings (SSSR count). The van der Waals surface area contributed by atoms with Crippen LogP contribution in [-0.4, -0.2) is 41.9 Å². The zero-order valence-corrected chi connectivity index (χ0v) is 25.6. The number of hydrogen-bond acceptors (Lipinski definition) is 7. The average Bonchev–Trinajstić information content (AvgIpc) is 2.82. The first kappa shape index (κ1) is 31.5. The molecule has 218 valence electrons. The highest BCUT2D eigenvalue weighted by atomic mass is 35.5. The van der Waals surface area contributed by atoms with E-state index in [9.17, 15) is 14.4 Å². The molecular weight excluding hydrogens is 532 g/mol. The van der Waals surface area contributed by atoms with E-state index >= 15 is 0 Å². The Morgan fingerprint density at radius 2 is 1.75 bits per heavy atom. The van der Waals surface area contributed by atoms with E-state index in [1.165, 1.54) is 6.92 Å². The second kappa shape index (κ2) is 12.2. The van der Waals surface area contributed by atoms with Crippen LogP contribution in [0.25, 0.3) is 0 Å². The van der Waals surface area contributed by atoms with Crippen LogP contribution in [0.3, 0.4) is 0 Å². The smallest absolute Gasteiger partial charge is 0.324 e. The fourth-order valence-electron chi connectivity index (χ4n) is 5.35. The van der Waals surface area contributed by atoms with Gasteiger partial charge in [-0.3, -0.25) is 14.4 Å². The van der Waals surface area contributed by atoms with E-state index in [-0.39, 0.29) is 36.2 Å². The fraction of sp³-hybridized carbons (Fsp3) is 0.531. The van der Waals surface area contributed by atoms with Gasteiger partial charge in [0.2, 0.25) is 0 Å². The van der Waals surface area contributed by atoms with Crippen LogP contribution >= 0.6 is 11.6 Å². The molecule has 0 saturated carbocycles. The van der Waals surface area contributed by atoms with Gasteiger partial charge in [-0.05, 0) is 67.3 Å². The van der Waals surface area contributed by atoms with Crippen molar-refractivity contribution in [2.45, 2.75) is 91.0 Å². The van der Waals surface area contributed by atoms with Gasteiger partial charge in [-0.1, -0.05) is 46.8 Å². The molecule has 0 fully saturated rings. The van der Waals surface area contributed by atoms with Gasteiger partial charge in [0.05, 0.1) is 18.6 Å². The summed E-state index contributed by atoms with van der Waals surface area (Å²) in [4.78, 5) is 37.0. The molecule has 0 N–H and O–H groups in total. The lowest BCUT2D eigenvalue weighted by molar-refractivity contribution is -0.142. The largest absolute Gasteiger partial charge is 0.489 e. The van der Waals surface area contributed by atoms with Crippen molar-refractivity contribution in [3.8, 4) is 17.2 Å². The molecular formula is C32H41ClO7. The molecule has 1 aliphatic heterocycles. The number of Topliss-reactive ketones (excluding diaryl/α,β-unsaturated/α-hetero) is 1. The number of benzene rings is 2. The summed E-state index contributed by atoms with van der Waals surface area (Å²) < 4.78 is 23.0. The Hall–Kier alpha value is -3.06. The number of rotatable bonds is 10. The molecule has 1 aliphatic rings. The van der Waals surface area contributed by atoms with Gasteiger partial charge in [0.15, 0.2) is 5.78 Å². The molecule has 0 bridgehead atoms. The molecule has 0 spiro atoms. The Morgan fingerprint density at radius 1 is 1.10 bits per heavy atom. The third kappa shape index (κ3) is 8.23. The number of alkyl halides is 1. The van der Waals surface area contributed by atoms with Crippen molar-refractivity contribution in [3.05, 3.63) is 53.1 Å². The molecule has 0 saturated heterocycles. The zero-order chi connectivity index (χ0) is 29.9. The summed E-state index contributed by atoms with van der Waals surface area (Å²) in [6.07, 6.45) is 1.27.